The highest BCUT2D eigenvalue weighted by molar-refractivity contribution is 6.16. The molecule has 0 heterocycles. The third-order valence-electron chi connectivity index (χ3n) is 1.00. The second kappa shape index (κ2) is 7.53. The summed E-state index contributed by atoms with van der Waals surface area (Å²) >= 11 is 0. The monoisotopic (exact) mass is 200 g/mol. The van der Waals surface area contributed by atoms with Gasteiger partial charge in [-0.15, -0.1) is 0 Å². The van der Waals surface area contributed by atoms with E-state index < -0.39 is 12.1 Å². The highest BCUT2D eigenvalue weighted by Crippen LogP contribution is 1.62. The van der Waals surface area contributed by atoms with Gasteiger partial charge in [0.05, 0.1) is 12.4 Å². The molecule has 14 heavy (non-hydrogen) atoms. The van der Waals surface area contributed by atoms with Gasteiger partial charge in [0.25, 0.3) is 0 Å². The molecule has 78 valence electrons. The van der Waals surface area contributed by atoms with Crippen LogP contribution in [0, 0.1) is 0 Å². The second-order valence-electron chi connectivity index (χ2n) is 1.94. The molecule has 0 aromatic heterocycles. The van der Waals surface area contributed by atoms with Crippen molar-refractivity contribution in [1.82, 2.24) is 21.5 Å². The van der Waals surface area contributed by atoms with Crippen LogP contribution in [-0.4, -0.2) is 38.6 Å². The molecule has 0 aromatic rings. The Bertz CT molecular complexity index is 223. The molecular weight excluding hydrogens is 188 g/mol. The van der Waals surface area contributed by atoms with Crippen LogP contribution in [-0.2, 0) is 0 Å². The van der Waals surface area contributed by atoms with Gasteiger partial charge in [-0.05, 0) is 0 Å². The molecule has 8 heteroatoms. The zero-order valence-corrected chi connectivity index (χ0v) is 7.87. The summed E-state index contributed by atoms with van der Waals surface area (Å²) < 4.78 is 0. The van der Waals surface area contributed by atoms with Gasteiger partial charge >= 0.3 is 12.1 Å². The lowest BCUT2D eigenvalue weighted by atomic mass is 10.8. The Morgan fingerprint density at radius 2 is 1.29 bits per heavy atom. The second-order valence-corrected chi connectivity index (χ2v) is 1.94. The zero-order valence-electron chi connectivity index (χ0n) is 7.87. The molecule has 0 spiro atoms. The average molecular weight is 200 g/mol. The molecular formula is C6H12N6O2. The van der Waals surface area contributed by atoms with Crippen LogP contribution in [0.4, 0.5) is 9.59 Å². The quantitative estimate of drug-likeness (QED) is 0.340. The van der Waals surface area contributed by atoms with Gasteiger partial charge in [-0.1, -0.05) is 0 Å². The minimum absolute atomic E-state index is 0.436. The molecule has 0 saturated carbocycles. The van der Waals surface area contributed by atoms with Crippen molar-refractivity contribution in [2.45, 2.75) is 0 Å². The topological polar surface area (TPSA) is 107 Å². The number of carbonyl (C=O) groups excluding carboxylic acids is 2. The maximum absolute atomic E-state index is 10.5. The van der Waals surface area contributed by atoms with Crippen LogP contribution in [0.2, 0.25) is 0 Å². The van der Waals surface area contributed by atoms with E-state index in [2.05, 4.69) is 31.7 Å². The molecule has 0 fully saturated rings. The maximum atomic E-state index is 10.5. The van der Waals surface area contributed by atoms with E-state index in [-0.39, 0.29) is 0 Å². The van der Waals surface area contributed by atoms with Crippen molar-refractivity contribution in [2.24, 2.45) is 10.2 Å². The number of urea groups is 2. The van der Waals surface area contributed by atoms with Crippen molar-refractivity contribution >= 4 is 24.5 Å². The fourth-order valence-electron chi connectivity index (χ4n) is 0.370. The molecule has 0 atom stereocenters. The van der Waals surface area contributed by atoms with Gasteiger partial charge < -0.3 is 10.6 Å². The first-order chi connectivity index (χ1) is 6.70. The molecule has 0 aliphatic heterocycles. The van der Waals surface area contributed by atoms with E-state index in [9.17, 15) is 9.59 Å². The standard InChI is InChI=1S/C6H12N6O2/c1-7-5(13)11-9-3-4-10-12-6(14)8-2/h3-4H,1-2H3,(H2,7,11,13)(H2,8,12,14)/b9-3+,10-4?. The molecule has 4 amide bonds. The Kier molecular flexibility index (Phi) is 6.39. The molecule has 0 saturated heterocycles. The summed E-state index contributed by atoms with van der Waals surface area (Å²) in [6, 6.07) is -0.872. The average Bonchev–Trinajstić information content (AvgIpc) is 2.22. The van der Waals surface area contributed by atoms with Crippen LogP contribution < -0.4 is 21.5 Å². The Labute approximate surface area is 80.8 Å². The third-order valence-corrected chi connectivity index (χ3v) is 1.00. The third kappa shape index (κ3) is 6.58. The van der Waals surface area contributed by atoms with Gasteiger partial charge in [0.2, 0.25) is 0 Å². The van der Waals surface area contributed by atoms with Crippen LogP contribution in [0.3, 0.4) is 0 Å². The van der Waals surface area contributed by atoms with E-state index in [1.165, 1.54) is 26.5 Å². The summed E-state index contributed by atoms with van der Waals surface area (Å²) in [4.78, 5) is 21.1. The van der Waals surface area contributed by atoms with E-state index in [1.807, 2.05) is 0 Å². The molecule has 0 radical (unpaired) electrons. The number of nitrogens with zero attached hydrogens (tertiary/aromatic N) is 2. The predicted molar refractivity (Wildman–Crippen MR) is 52.2 cm³/mol. The fraction of sp³-hybridized carbons (Fsp3) is 0.333. The first-order valence-corrected chi connectivity index (χ1v) is 3.71. The van der Waals surface area contributed by atoms with Gasteiger partial charge in [-0.25, -0.2) is 20.4 Å². The van der Waals surface area contributed by atoms with Crippen LogP contribution in [0.5, 0.6) is 0 Å². The Morgan fingerprint density at radius 3 is 1.57 bits per heavy atom. The minimum atomic E-state index is -0.436. The van der Waals surface area contributed by atoms with Gasteiger partial charge in [-0.3, -0.25) is 0 Å². The van der Waals surface area contributed by atoms with Crippen molar-refractivity contribution in [3.63, 3.8) is 0 Å². The Morgan fingerprint density at radius 1 is 0.929 bits per heavy atom. The summed E-state index contributed by atoms with van der Waals surface area (Å²) in [6.07, 6.45) is 2.43. The summed E-state index contributed by atoms with van der Waals surface area (Å²) in [5.74, 6) is 0. The molecule has 4 N–H and O–H groups in total. The lowest BCUT2D eigenvalue weighted by molar-refractivity contribution is 0.242. The summed E-state index contributed by atoms with van der Waals surface area (Å²) in [7, 11) is 2.93. The van der Waals surface area contributed by atoms with Crippen molar-refractivity contribution < 1.29 is 9.59 Å². The van der Waals surface area contributed by atoms with Crippen molar-refractivity contribution in [1.29, 1.82) is 0 Å². The zero-order chi connectivity index (χ0) is 10.8. The molecule has 0 aliphatic carbocycles. The van der Waals surface area contributed by atoms with Gasteiger partial charge in [0, 0.05) is 14.1 Å². The number of hydrogen-bond acceptors (Lipinski definition) is 4. The first kappa shape index (κ1) is 11.9. The minimum Gasteiger partial charge on any atom is -0.340 e. The number of nitrogens with one attached hydrogen (secondary N) is 4. The molecule has 0 rings (SSSR count). The largest absolute Gasteiger partial charge is 0.340 e. The number of hydrazone groups is 2. The van der Waals surface area contributed by atoms with E-state index in [0.717, 1.165) is 0 Å². The maximum Gasteiger partial charge on any atom is 0.334 e. The molecule has 0 unspecified atom stereocenters. The van der Waals surface area contributed by atoms with Gasteiger partial charge in [0.15, 0.2) is 0 Å². The molecule has 8 nitrogen and oxygen atoms in total. The van der Waals surface area contributed by atoms with Crippen LogP contribution in [0.25, 0.3) is 0 Å². The SMILES string of the molecule is CNC(=O)NN=C/C=N/NC(=O)NC. The summed E-state index contributed by atoms with van der Waals surface area (Å²) in [5.41, 5.74) is 4.27. The number of hydrogen-bond donors (Lipinski definition) is 4. The summed E-state index contributed by atoms with van der Waals surface area (Å²) in [6.45, 7) is 0. The lowest BCUT2D eigenvalue weighted by Crippen LogP contribution is -2.29. The highest BCUT2D eigenvalue weighted by Gasteiger charge is 1.88. The van der Waals surface area contributed by atoms with E-state index in [1.54, 1.807) is 0 Å². The van der Waals surface area contributed by atoms with E-state index >= 15 is 0 Å². The highest BCUT2D eigenvalue weighted by atomic mass is 16.2. The van der Waals surface area contributed by atoms with Crippen molar-refractivity contribution in [3.8, 4) is 0 Å². The lowest BCUT2D eigenvalue weighted by Gasteiger charge is -1.94. The molecule has 0 aromatic carbocycles. The van der Waals surface area contributed by atoms with Gasteiger partial charge in [0.1, 0.15) is 0 Å². The molecule has 0 aliphatic rings. The van der Waals surface area contributed by atoms with Crippen molar-refractivity contribution in [3.05, 3.63) is 0 Å². The molecule has 0 bridgehead atoms. The van der Waals surface area contributed by atoms with Crippen LogP contribution >= 0.6 is 0 Å². The number of rotatable bonds is 3. The predicted octanol–water partition coefficient (Wildman–Crippen LogP) is -1.18. The van der Waals surface area contributed by atoms with Crippen LogP contribution in [0.15, 0.2) is 10.2 Å². The number of amides is 4. The smallest absolute Gasteiger partial charge is 0.334 e. The van der Waals surface area contributed by atoms with Gasteiger partial charge in [-0.2, -0.15) is 10.2 Å². The van der Waals surface area contributed by atoms with Crippen LogP contribution in [0.1, 0.15) is 0 Å². The Balaban J connectivity index is 3.60. The fourth-order valence-corrected chi connectivity index (χ4v) is 0.370. The Hall–Kier alpha value is -2.12. The van der Waals surface area contributed by atoms with E-state index in [4.69, 9.17) is 0 Å². The van der Waals surface area contributed by atoms with Crippen molar-refractivity contribution in [2.75, 3.05) is 14.1 Å². The normalized spacial score (nSPS) is 10.1. The van der Waals surface area contributed by atoms with E-state index in [0.29, 0.717) is 0 Å². The summed E-state index contributed by atoms with van der Waals surface area (Å²) in [5, 5.41) is 11.5. The number of carbonyl (C=O) groups is 2. The first-order valence-electron chi connectivity index (χ1n) is 3.71.